The van der Waals surface area contributed by atoms with Crippen LogP contribution in [0.15, 0.2) is 18.2 Å². The molecule has 0 aliphatic carbocycles. The molecule has 0 spiro atoms. The monoisotopic (exact) mass is 239 g/mol. The SMILES string of the molecule is COc1c(Cl)ccc2c1cc(C(=O)O)n2C. The summed E-state index contributed by atoms with van der Waals surface area (Å²) < 4.78 is 6.76. The zero-order valence-electron chi connectivity index (χ0n) is 8.82. The van der Waals surface area contributed by atoms with Gasteiger partial charge in [-0.2, -0.15) is 0 Å². The van der Waals surface area contributed by atoms with E-state index in [0.717, 1.165) is 5.52 Å². The number of aromatic carboxylic acids is 1. The Bertz CT molecular complexity index is 574. The first kappa shape index (κ1) is 10.8. The highest BCUT2D eigenvalue weighted by molar-refractivity contribution is 6.33. The zero-order chi connectivity index (χ0) is 11.9. The zero-order valence-corrected chi connectivity index (χ0v) is 9.58. The van der Waals surface area contributed by atoms with Gasteiger partial charge in [-0.1, -0.05) is 11.6 Å². The summed E-state index contributed by atoms with van der Waals surface area (Å²) in [6.45, 7) is 0. The number of carboxylic acids is 1. The Morgan fingerprint density at radius 2 is 2.19 bits per heavy atom. The summed E-state index contributed by atoms with van der Waals surface area (Å²) in [6, 6.07) is 5.02. The number of hydrogen-bond donors (Lipinski definition) is 1. The van der Waals surface area contributed by atoms with Crippen molar-refractivity contribution in [3.63, 3.8) is 0 Å². The van der Waals surface area contributed by atoms with Gasteiger partial charge in [-0.15, -0.1) is 0 Å². The maximum Gasteiger partial charge on any atom is 0.352 e. The summed E-state index contributed by atoms with van der Waals surface area (Å²) in [5.74, 6) is -0.473. The van der Waals surface area contributed by atoms with Gasteiger partial charge in [0, 0.05) is 12.4 Å². The molecule has 0 saturated heterocycles. The van der Waals surface area contributed by atoms with Crippen LogP contribution in [0.3, 0.4) is 0 Å². The van der Waals surface area contributed by atoms with Gasteiger partial charge in [0.2, 0.25) is 0 Å². The highest BCUT2D eigenvalue weighted by atomic mass is 35.5. The van der Waals surface area contributed by atoms with Crippen LogP contribution in [0.25, 0.3) is 10.9 Å². The molecule has 2 aromatic rings. The number of carboxylic acid groups (broad SMARTS) is 1. The number of carbonyl (C=O) groups is 1. The number of aryl methyl sites for hydroxylation is 1. The lowest BCUT2D eigenvalue weighted by molar-refractivity contribution is 0.0687. The van der Waals surface area contributed by atoms with Crippen molar-refractivity contribution in [1.82, 2.24) is 4.57 Å². The van der Waals surface area contributed by atoms with Crippen molar-refractivity contribution in [3.8, 4) is 5.75 Å². The molecule has 1 N–H and O–H groups in total. The number of hydrogen-bond acceptors (Lipinski definition) is 2. The molecule has 0 aliphatic heterocycles. The molecule has 0 saturated carbocycles. The first-order chi connectivity index (χ1) is 7.56. The van der Waals surface area contributed by atoms with Crippen LogP contribution in [0.2, 0.25) is 5.02 Å². The lowest BCUT2D eigenvalue weighted by atomic mass is 10.2. The summed E-state index contributed by atoms with van der Waals surface area (Å²) >= 11 is 5.96. The van der Waals surface area contributed by atoms with Crippen molar-refractivity contribution < 1.29 is 14.6 Å². The van der Waals surface area contributed by atoms with Crippen molar-refractivity contribution in [3.05, 3.63) is 28.9 Å². The second-order valence-corrected chi connectivity index (χ2v) is 3.81. The molecular formula is C11H10ClNO3. The van der Waals surface area contributed by atoms with E-state index in [-0.39, 0.29) is 5.69 Å². The first-order valence-corrected chi connectivity index (χ1v) is 4.99. The molecule has 84 valence electrons. The molecule has 2 rings (SSSR count). The van der Waals surface area contributed by atoms with Crippen LogP contribution >= 0.6 is 11.6 Å². The Kier molecular flexibility index (Phi) is 2.52. The predicted octanol–water partition coefficient (Wildman–Crippen LogP) is 2.54. The van der Waals surface area contributed by atoms with E-state index in [1.807, 2.05) is 0 Å². The average Bonchev–Trinajstić information content (AvgIpc) is 2.56. The van der Waals surface area contributed by atoms with Gasteiger partial charge in [0.25, 0.3) is 0 Å². The Hall–Kier alpha value is -1.68. The van der Waals surface area contributed by atoms with Gasteiger partial charge in [-0.05, 0) is 18.2 Å². The number of halogens is 1. The topological polar surface area (TPSA) is 51.5 Å². The smallest absolute Gasteiger partial charge is 0.352 e. The molecule has 16 heavy (non-hydrogen) atoms. The largest absolute Gasteiger partial charge is 0.494 e. The van der Waals surface area contributed by atoms with E-state index in [0.29, 0.717) is 16.2 Å². The number of aromatic nitrogens is 1. The van der Waals surface area contributed by atoms with Gasteiger partial charge >= 0.3 is 5.97 Å². The minimum atomic E-state index is -0.975. The van der Waals surface area contributed by atoms with Crippen LogP contribution in [-0.4, -0.2) is 22.8 Å². The number of methoxy groups -OCH3 is 1. The second-order valence-electron chi connectivity index (χ2n) is 3.41. The maximum atomic E-state index is 11.0. The fourth-order valence-electron chi connectivity index (χ4n) is 1.77. The van der Waals surface area contributed by atoms with Crippen LogP contribution in [0.5, 0.6) is 5.75 Å². The molecule has 5 heteroatoms. The summed E-state index contributed by atoms with van der Waals surface area (Å²) in [5.41, 5.74) is 0.981. The highest BCUT2D eigenvalue weighted by Crippen LogP contribution is 2.34. The fraction of sp³-hybridized carbons (Fsp3) is 0.182. The van der Waals surface area contributed by atoms with Crippen LogP contribution in [0.4, 0.5) is 0 Å². The molecule has 0 radical (unpaired) electrons. The molecule has 0 bridgehead atoms. The van der Waals surface area contributed by atoms with Gasteiger partial charge in [0.15, 0.2) is 0 Å². The Morgan fingerprint density at radius 1 is 1.50 bits per heavy atom. The van der Waals surface area contributed by atoms with Crippen molar-refractivity contribution in [2.75, 3.05) is 7.11 Å². The quantitative estimate of drug-likeness (QED) is 0.876. The van der Waals surface area contributed by atoms with Gasteiger partial charge < -0.3 is 14.4 Å². The van der Waals surface area contributed by atoms with Crippen molar-refractivity contribution in [2.24, 2.45) is 7.05 Å². The van der Waals surface area contributed by atoms with Crippen LogP contribution in [-0.2, 0) is 7.05 Å². The highest BCUT2D eigenvalue weighted by Gasteiger charge is 2.16. The summed E-state index contributed by atoms with van der Waals surface area (Å²) in [5, 5.41) is 10.2. The Labute approximate surface area is 97.0 Å². The molecular weight excluding hydrogens is 230 g/mol. The van der Waals surface area contributed by atoms with Gasteiger partial charge in [0.05, 0.1) is 17.6 Å². The molecule has 1 aromatic heterocycles. The van der Waals surface area contributed by atoms with E-state index in [4.69, 9.17) is 21.4 Å². The van der Waals surface area contributed by atoms with Gasteiger partial charge in [-0.25, -0.2) is 4.79 Å². The van der Waals surface area contributed by atoms with Crippen molar-refractivity contribution >= 4 is 28.5 Å². The van der Waals surface area contributed by atoms with E-state index in [1.165, 1.54) is 7.11 Å². The third kappa shape index (κ3) is 1.42. The summed E-state index contributed by atoms with van der Waals surface area (Å²) in [6.07, 6.45) is 0. The van der Waals surface area contributed by atoms with Crippen molar-refractivity contribution in [1.29, 1.82) is 0 Å². The van der Waals surface area contributed by atoms with E-state index < -0.39 is 5.97 Å². The number of rotatable bonds is 2. The molecule has 0 aliphatic rings. The molecule has 0 amide bonds. The summed E-state index contributed by atoms with van der Waals surface area (Å²) in [7, 11) is 3.20. The molecule has 4 nitrogen and oxygen atoms in total. The lowest BCUT2D eigenvalue weighted by Gasteiger charge is -2.04. The third-order valence-corrected chi connectivity index (χ3v) is 2.85. The van der Waals surface area contributed by atoms with E-state index in [1.54, 1.807) is 29.8 Å². The van der Waals surface area contributed by atoms with Crippen LogP contribution in [0, 0.1) is 0 Å². The molecule has 1 aromatic carbocycles. The Balaban J connectivity index is 2.85. The van der Waals surface area contributed by atoms with Crippen molar-refractivity contribution in [2.45, 2.75) is 0 Å². The average molecular weight is 240 g/mol. The van der Waals surface area contributed by atoms with E-state index in [2.05, 4.69) is 0 Å². The minimum Gasteiger partial charge on any atom is -0.494 e. The molecule has 0 unspecified atom stereocenters. The van der Waals surface area contributed by atoms with Gasteiger partial charge in [-0.3, -0.25) is 0 Å². The number of ether oxygens (including phenoxy) is 1. The third-order valence-electron chi connectivity index (χ3n) is 2.55. The van der Waals surface area contributed by atoms with Crippen LogP contribution < -0.4 is 4.74 Å². The molecule has 0 fully saturated rings. The minimum absolute atomic E-state index is 0.204. The standard InChI is InChI=1S/C11H10ClNO3/c1-13-8-4-3-7(12)10(16-2)6(8)5-9(13)11(14)15/h3-5H,1-2H3,(H,14,15). The van der Waals surface area contributed by atoms with E-state index >= 15 is 0 Å². The predicted molar refractivity (Wildman–Crippen MR) is 61.4 cm³/mol. The fourth-order valence-corrected chi connectivity index (χ4v) is 2.01. The van der Waals surface area contributed by atoms with Crippen LogP contribution in [0.1, 0.15) is 10.5 Å². The first-order valence-electron chi connectivity index (χ1n) is 4.61. The number of nitrogens with zero attached hydrogens (tertiary/aromatic N) is 1. The number of fused-ring (bicyclic) bond motifs is 1. The maximum absolute atomic E-state index is 11.0. The molecule has 1 heterocycles. The normalized spacial score (nSPS) is 10.7. The van der Waals surface area contributed by atoms with Gasteiger partial charge in [0.1, 0.15) is 11.4 Å². The second kappa shape index (κ2) is 3.72. The summed E-state index contributed by atoms with van der Waals surface area (Å²) in [4.78, 5) is 11.0. The lowest BCUT2D eigenvalue weighted by Crippen LogP contribution is -2.03. The Morgan fingerprint density at radius 3 is 2.75 bits per heavy atom. The van der Waals surface area contributed by atoms with E-state index in [9.17, 15) is 4.79 Å². The number of benzene rings is 1. The molecule has 0 atom stereocenters.